The van der Waals surface area contributed by atoms with Crippen LogP contribution in [-0.2, 0) is 18.8 Å². The van der Waals surface area contributed by atoms with Crippen molar-refractivity contribution in [3.8, 4) is 11.3 Å². The monoisotopic (exact) mass is 509 g/mol. The van der Waals surface area contributed by atoms with Gasteiger partial charge in [0, 0.05) is 36.4 Å². The van der Waals surface area contributed by atoms with E-state index in [4.69, 9.17) is 21.3 Å². The molecule has 2 aliphatic rings. The quantitative estimate of drug-likeness (QED) is 0.415. The second-order valence-electron chi connectivity index (χ2n) is 9.69. The van der Waals surface area contributed by atoms with Crippen LogP contribution in [0.2, 0.25) is 5.02 Å². The summed E-state index contributed by atoms with van der Waals surface area (Å²) in [7, 11) is 3.51. The largest absolute Gasteiger partial charge is 0.363 e. The first-order valence-corrected chi connectivity index (χ1v) is 12.2. The molecule has 1 aliphatic carbocycles. The molecular formula is C25H25ClFN7O2. The number of aromatic nitrogens is 6. The molecule has 0 radical (unpaired) electrons. The van der Waals surface area contributed by atoms with Crippen LogP contribution in [0.5, 0.6) is 0 Å². The molecule has 0 amide bonds. The number of fused-ring (bicyclic) bond motifs is 1. The Hall–Kier alpha value is -3.37. The number of hydrogen-bond donors (Lipinski definition) is 0. The molecule has 1 aromatic carbocycles. The van der Waals surface area contributed by atoms with Crippen LogP contribution in [0.4, 0.5) is 10.3 Å². The Bertz CT molecular complexity index is 1560. The molecule has 3 aromatic heterocycles. The van der Waals surface area contributed by atoms with E-state index >= 15 is 4.39 Å². The Morgan fingerprint density at radius 1 is 1.17 bits per heavy atom. The third-order valence-corrected chi connectivity index (χ3v) is 7.46. The molecule has 11 heteroatoms. The minimum Gasteiger partial charge on any atom is -0.363 e. The van der Waals surface area contributed by atoms with Crippen LogP contribution >= 0.6 is 11.6 Å². The van der Waals surface area contributed by atoms with E-state index in [2.05, 4.69) is 15.1 Å². The van der Waals surface area contributed by atoms with Gasteiger partial charge in [0.2, 0.25) is 5.95 Å². The average Bonchev–Trinajstić information content (AvgIpc) is 3.27. The van der Waals surface area contributed by atoms with Crippen molar-refractivity contribution < 1.29 is 9.13 Å². The number of aryl methyl sites for hydroxylation is 2. The lowest BCUT2D eigenvalue weighted by atomic mass is 9.78. The molecule has 9 nitrogen and oxygen atoms in total. The van der Waals surface area contributed by atoms with Crippen LogP contribution in [-0.4, -0.2) is 48.0 Å². The van der Waals surface area contributed by atoms with Crippen molar-refractivity contribution >= 4 is 28.6 Å². The number of anilines is 1. The Kier molecular flexibility index (Phi) is 5.34. The highest BCUT2D eigenvalue weighted by Crippen LogP contribution is 2.44. The third kappa shape index (κ3) is 3.75. The second kappa shape index (κ2) is 8.35. The molecule has 36 heavy (non-hydrogen) atoms. The summed E-state index contributed by atoms with van der Waals surface area (Å²) in [5.41, 5.74) is 1.21. The minimum absolute atomic E-state index is 0.143. The fraction of sp³-hybridized carbons (Fsp3) is 0.400. The van der Waals surface area contributed by atoms with Crippen LogP contribution in [0.3, 0.4) is 0 Å². The molecular weight excluding hydrogens is 485 g/mol. The second-order valence-corrected chi connectivity index (χ2v) is 10.1. The molecule has 1 saturated heterocycles. The molecule has 6 rings (SSSR count). The molecule has 1 aliphatic heterocycles. The maximum atomic E-state index is 15.1. The summed E-state index contributed by atoms with van der Waals surface area (Å²) < 4.78 is 24.8. The number of ether oxygens (including phenoxy) is 1. The zero-order valence-electron chi connectivity index (χ0n) is 20.2. The summed E-state index contributed by atoms with van der Waals surface area (Å²) in [5, 5.41) is 4.58. The van der Waals surface area contributed by atoms with E-state index in [1.54, 1.807) is 37.0 Å². The van der Waals surface area contributed by atoms with Gasteiger partial charge in [0.1, 0.15) is 29.0 Å². The Balaban J connectivity index is 1.53. The minimum atomic E-state index is -0.542. The Labute approximate surface area is 211 Å². The van der Waals surface area contributed by atoms with Crippen LogP contribution in [0, 0.1) is 12.7 Å². The molecule has 4 heterocycles. The molecule has 0 bridgehead atoms. The van der Waals surface area contributed by atoms with Gasteiger partial charge >= 0.3 is 0 Å². The molecule has 1 spiro atoms. The Morgan fingerprint density at radius 2 is 1.97 bits per heavy atom. The van der Waals surface area contributed by atoms with Crippen LogP contribution in [0.25, 0.3) is 22.3 Å². The van der Waals surface area contributed by atoms with Gasteiger partial charge in [-0.1, -0.05) is 11.6 Å². The molecule has 4 aromatic rings. The lowest BCUT2D eigenvalue weighted by molar-refractivity contribution is -0.151. The number of benzene rings is 1. The zero-order chi connectivity index (χ0) is 25.2. The normalized spacial score (nSPS) is 19.1. The fourth-order valence-electron chi connectivity index (χ4n) is 5.02. The van der Waals surface area contributed by atoms with E-state index in [1.807, 2.05) is 18.1 Å². The third-order valence-electron chi connectivity index (χ3n) is 7.23. The highest BCUT2D eigenvalue weighted by atomic mass is 35.5. The lowest BCUT2D eigenvalue weighted by Gasteiger charge is -2.51. The molecule has 186 valence electrons. The summed E-state index contributed by atoms with van der Waals surface area (Å²) in [6, 6.07) is 4.38. The maximum Gasteiger partial charge on any atom is 0.279 e. The van der Waals surface area contributed by atoms with Crippen molar-refractivity contribution in [2.45, 2.75) is 37.9 Å². The number of nitrogens with zero attached hydrogens (tertiary/aromatic N) is 7. The zero-order valence-corrected chi connectivity index (χ0v) is 21.0. The van der Waals surface area contributed by atoms with Crippen LogP contribution in [0.15, 0.2) is 35.4 Å². The predicted molar refractivity (Wildman–Crippen MR) is 134 cm³/mol. The molecule has 1 atom stereocenters. The van der Waals surface area contributed by atoms with Gasteiger partial charge in [-0.05, 0) is 44.4 Å². The summed E-state index contributed by atoms with van der Waals surface area (Å²) in [6.45, 7) is 2.77. The molecule has 0 N–H and O–H groups in total. The van der Waals surface area contributed by atoms with E-state index in [0.717, 1.165) is 24.8 Å². The maximum absolute atomic E-state index is 15.1. The molecule has 0 unspecified atom stereocenters. The first-order valence-electron chi connectivity index (χ1n) is 11.9. The van der Waals surface area contributed by atoms with Gasteiger partial charge in [-0.25, -0.2) is 19.3 Å². The van der Waals surface area contributed by atoms with Gasteiger partial charge in [0.05, 0.1) is 24.9 Å². The fourth-order valence-corrected chi connectivity index (χ4v) is 5.18. The van der Waals surface area contributed by atoms with Crippen molar-refractivity contribution in [2.24, 2.45) is 14.1 Å². The van der Waals surface area contributed by atoms with Gasteiger partial charge in [0.25, 0.3) is 5.56 Å². The van der Waals surface area contributed by atoms with Gasteiger partial charge in [-0.2, -0.15) is 5.10 Å². The predicted octanol–water partition coefficient (Wildman–Crippen LogP) is 3.73. The van der Waals surface area contributed by atoms with E-state index in [0.29, 0.717) is 24.9 Å². The van der Waals surface area contributed by atoms with Crippen LogP contribution < -0.4 is 10.5 Å². The highest BCUT2D eigenvalue weighted by Gasteiger charge is 2.46. The summed E-state index contributed by atoms with van der Waals surface area (Å²) >= 11 is 6.01. The van der Waals surface area contributed by atoms with Gasteiger partial charge in [-0.15, -0.1) is 0 Å². The lowest BCUT2D eigenvalue weighted by Crippen LogP contribution is -2.57. The highest BCUT2D eigenvalue weighted by molar-refractivity contribution is 6.30. The van der Waals surface area contributed by atoms with Crippen LogP contribution in [0.1, 0.15) is 36.8 Å². The molecule has 1 saturated carbocycles. The van der Waals surface area contributed by atoms with E-state index < -0.39 is 5.82 Å². The summed E-state index contributed by atoms with van der Waals surface area (Å²) in [6.07, 6.45) is 6.44. The standard InChI is InChI=1S/C25H25ClFN7O2/c1-14-29-21-20(17-6-5-16(26)9-18(17)27)30-24(31-22(21)23(35)33(14)3)34-12-19(15-10-28-32(2)11-15)36-25(13-34)7-4-8-25/h5-6,9-11,19H,4,7-8,12-13H2,1-3H3/t19-/m0/s1. The summed E-state index contributed by atoms with van der Waals surface area (Å²) in [5.74, 6) is 0.285. The Morgan fingerprint density at radius 3 is 2.64 bits per heavy atom. The van der Waals surface area contributed by atoms with E-state index in [1.165, 1.54) is 10.6 Å². The van der Waals surface area contributed by atoms with Gasteiger partial charge < -0.3 is 9.64 Å². The summed E-state index contributed by atoms with van der Waals surface area (Å²) in [4.78, 5) is 29.3. The first-order chi connectivity index (χ1) is 17.2. The van der Waals surface area contributed by atoms with Crippen molar-refractivity contribution in [3.05, 3.63) is 63.2 Å². The van der Waals surface area contributed by atoms with Crippen molar-refractivity contribution in [1.29, 1.82) is 0 Å². The van der Waals surface area contributed by atoms with E-state index in [9.17, 15) is 4.79 Å². The van der Waals surface area contributed by atoms with Crippen molar-refractivity contribution in [1.82, 2.24) is 29.3 Å². The van der Waals surface area contributed by atoms with Gasteiger partial charge in [0.15, 0.2) is 5.52 Å². The SMILES string of the molecule is Cc1nc2c(-c3ccc(Cl)cc3F)nc(N3C[C@@H](c4cnn(C)c4)OC4(CCC4)C3)nc2c(=O)n1C. The topological polar surface area (TPSA) is 91.0 Å². The number of morpholine rings is 1. The first kappa shape index (κ1) is 23.1. The number of rotatable bonds is 3. The smallest absolute Gasteiger partial charge is 0.279 e. The average molecular weight is 510 g/mol. The number of hydrogen-bond acceptors (Lipinski definition) is 7. The van der Waals surface area contributed by atoms with Crippen molar-refractivity contribution in [3.63, 3.8) is 0 Å². The number of halogens is 2. The van der Waals surface area contributed by atoms with Crippen molar-refractivity contribution in [2.75, 3.05) is 18.0 Å². The molecule has 2 fully saturated rings. The van der Waals surface area contributed by atoms with Gasteiger partial charge in [-0.3, -0.25) is 14.0 Å². The van der Waals surface area contributed by atoms with E-state index in [-0.39, 0.29) is 44.6 Å².